The predicted octanol–water partition coefficient (Wildman–Crippen LogP) is 3.81. The van der Waals surface area contributed by atoms with Crippen LogP contribution in [0.3, 0.4) is 0 Å². The second kappa shape index (κ2) is 6.50. The van der Waals surface area contributed by atoms with E-state index in [1.165, 1.54) is 35.2 Å². The van der Waals surface area contributed by atoms with Crippen LogP contribution in [0.5, 0.6) is 0 Å². The van der Waals surface area contributed by atoms with Gasteiger partial charge in [-0.1, -0.05) is 32.9 Å². The van der Waals surface area contributed by atoms with Gasteiger partial charge >= 0.3 is 0 Å². The Kier molecular flexibility index (Phi) is 5.11. The SMILES string of the molecule is Cc1cc(C(C)(C)C)cc(C)c1CN1CCC(CCO)C1. The number of hydrogen-bond donors (Lipinski definition) is 1. The average Bonchev–Trinajstić information content (AvgIpc) is 2.80. The largest absolute Gasteiger partial charge is 0.396 e. The van der Waals surface area contributed by atoms with Gasteiger partial charge in [-0.25, -0.2) is 0 Å². The average molecular weight is 289 g/mol. The lowest BCUT2D eigenvalue weighted by atomic mass is 9.84. The minimum atomic E-state index is 0.216. The van der Waals surface area contributed by atoms with E-state index < -0.39 is 0 Å². The van der Waals surface area contributed by atoms with Crippen LogP contribution < -0.4 is 0 Å². The van der Waals surface area contributed by atoms with E-state index in [4.69, 9.17) is 5.11 Å². The van der Waals surface area contributed by atoms with Crippen molar-refractivity contribution in [3.63, 3.8) is 0 Å². The fourth-order valence-electron chi connectivity index (χ4n) is 3.37. The van der Waals surface area contributed by atoms with Gasteiger partial charge in [0.05, 0.1) is 0 Å². The van der Waals surface area contributed by atoms with Gasteiger partial charge in [0.2, 0.25) is 0 Å². The fraction of sp³-hybridized carbons (Fsp3) is 0.684. The topological polar surface area (TPSA) is 23.5 Å². The van der Waals surface area contributed by atoms with E-state index >= 15 is 0 Å². The maximum Gasteiger partial charge on any atom is 0.0434 e. The summed E-state index contributed by atoms with van der Waals surface area (Å²) in [6, 6.07) is 4.73. The quantitative estimate of drug-likeness (QED) is 0.911. The Morgan fingerprint density at radius 2 is 1.81 bits per heavy atom. The molecule has 2 heteroatoms. The van der Waals surface area contributed by atoms with Crippen LogP contribution in [0.1, 0.15) is 55.9 Å². The molecule has 0 radical (unpaired) electrons. The minimum absolute atomic E-state index is 0.216. The number of aliphatic hydroxyl groups is 1. The molecule has 118 valence electrons. The van der Waals surface area contributed by atoms with Crippen LogP contribution in [0.2, 0.25) is 0 Å². The van der Waals surface area contributed by atoms with Crippen molar-refractivity contribution in [3.05, 3.63) is 34.4 Å². The Labute approximate surface area is 130 Å². The van der Waals surface area contributed by atoms with Crippen molar-refractivity contribution in [2.24, 2.45) is 5.92 Å². The number of rotatable bonds is 4. The highest BCUT2D eigenvalue weighted by atomic mass is 16.3. The maximum absolute atomic E-state index is 9.08. The van der Waals surface area contributed by atoms with Gasteiger partial charge in [0, 0.05) is 19.7 Å². The molecule has 1 aliphatic heterocycles. The number of nitrogens with zero attached hydrogens (tertiary/aromatic N) is 1. The summed E-state index contributed by atoms with van der Waals surface area (Å²) in [6.07, 6.45) is 2.19. The van der Waals surface area contributed by atoms with Crippen molar-refractivity contribution < 1.29 is 5.11 Å². The molecule has 1 heterocycles. The molecule has 1 aromatic carbocycles. The molecule has 1 fully saturated rings. The van der Waals surface area contributed by atoms with Gasteiger partial charge in [-0.3, -0.25) is 4.90 Å². The third-order valence-electron chi connectivity index (χ3n) is 4.85. The zero-order valence-corrected chi connectivity index (χ0v) is 14.4. The summed E-state index contributed by atoms with van der Waals surface area (Å²) in [4.78, 5) is 2.55. The van der Waals surface area contributed by atoms with Crippen molar-refractivity contribution in [1.82, 2.24) is 4.90 Å². The molecular weight excluding hydrogens is 258 g/mol. The molecule has 0 spiro atoms. The Balaban J connectivity index is 2.11. The van der Waals surface area contributed by atoms with Gasteiger partial charge in [-0.15, -0.1) is 0 Å². The highest BCUT2D eigenvalue weighted by molar-refractivity contribution is 5.40. The van der Waals surface area contributed by atoms with E-state index in [2.05, 4.69) is 51.7 Å². The van der Waals surface area contributed by atoms with Gasteiger partial charge in [-0.05, 0) is 66.8 Å². The highest BCUT2D eigenvalue weighted by Gasteiger charge is 2.23. The van der Waals surface area contributed by atoms with E-state index in [9.17, 15) is 0 Å². The summed E-state index contributed by atoms with van der Waals surface area (Å²) >= 11 is 0. The highest BCUT2D eigenvalue weighted by Crippen LogP contribution is 2.29. The fourth-order valence-corrected chi connectivity index (χ4v) is 3.37. The van der Waals surface area contributed by atoms with Gasteiger partial charge in [0.1, 0.15) is 0 Å². The minimum Gasteiger partial charge on any atom is -0.396 e. The number of aliphatic hydroxyl groups excluding tert-OH is 1. The van der Waals surface area contributed by atoms with E-state index in [0.717, 1.165) is 19.5 Å². The molecule has 1 N–H and O–H groups in total. The Morgan fingerprint density at radius 1 is 1.19 bits per heavy atom. The van der Waals surface area contributed by atoms with E-state index in [1.807, 2.05) is 0 Å². The van der Waals surface area contributed by atoms with Gasteiger partial charge < -0.3 is 5.11 Å². The summed E-state index contributed by atoms with van der Waals surface area (Å²) in [5, 5.41) is 9.08. The predicted molar refractivity (Wildman–Crippen MR) is 89.7 cm³/mol. The number of hydrogen-bond acceptors (Lipinski definition) is 2. The summed E-state index contributed by atoms with van der Waals surface area (Å²) in [5.41, 5.74) is 5.98. The third kappa shape index (κ3) is 4.08. The normalized spacial score (nSPS) is 20.2. The molecule has 0 saturated carbocycles. The van der Waals surface area contributed by atoms with Gasteiger partial charge in [0.15, 0.2) is 0 Å². The van der Waals surface area contributed by atoms with Crippen molar-refractivity contribution in [3.8, 4) is 0 Å². The molecule has 1 saturated heterocycles. The molecule has 0 aliphatic carbocycles. The Hall–Kier alpha value is -0.860. The monoisotopic (exact) mass is 289 g/mol. The molecule has 0 aromatic heterocycles. The van der Waals surface area contributed by atoms with Crippen molar-refractivity contribution in [2.45, 2.75) is 59.4 Å². The molecule has 0 bridgehead atoms. The van der Waals surface area contributed by atoms with Crippen LogP contribution in [-0.4, -0.2) is 29.7 Å². The van der Waals surface area contributed by atoms with Gasteiger partial charge in [0.25, 0.3) is 0 Å². The van der Waals surface area contributed by atoms with Crippen LogP contribution in [-0.2, 0) is 12.0 Å². The number of likely N-dealkylation sites (tertiary alicyclic amines) is 1. The van der Waals surface area contributed by atoms with Crippen molar-refractivity contribution in [1.29, 1.82) is 0 Å². The second-order valence-electron chi connectivity index (χ2n) is 7.74. The first-order valence-corrected chi connectivity index (χ1v) is 8.25. The molecule has 1 aliphatic rings. The molecule has 1 unspecified atom stereocenters. The molecule has 0 amide bonds. The summed E-state index contributed by atoms with van der Waals surface area (Å²) in [7, 11) is 0. The maximum atomic E-state index is 9.08. The first-order chi connectivity index (χ1) is 9.81. The molecule has 21 heavy (non-hydrogen) atoms. The lowest BCUT2D eigenvalue weighted by Crippen LogP contribution is -2.22. The zero-order chi connectivity index (χ0) is 15.6. The summed E-state index contributed by atoms with van der Waals surface area (Å²) < 4.78 is 0. The zero-order valence-electron chi connectivity index (χ0n) is 14.4. The number of benzene rings is 1. The van der Waals surface area contributed by atoms with Crippen LogP contribution in [0, 0.1) is 19.8 Å². The van der Waals surface area contributed by atoms with Crippen molar-refractivity contribution in [2.75, 3.05) is 19.7 Å². The molecule has 2 nitrogen and oxygen atoms in total. The molecule has 1 aromatic rings. The summed E-state index contributed by atoms with van der Waals surface area (Å²) in [6.45, 7) is 15.0. The first-order valence-electron chi connectivity index (χ1n) is 8.25. The third-order valence-corrected chi connectivity index (χ3v) is 4.85. The van der Waals surface area contributed by atoms with E-state index in [1.54, 1.807) is 0 Å². The number of aryl methyl sites for hydroxylation is 2. The lowest BCUT2D eigenvalue weighted by Gasteiger charge is -2.24. The van der Waals surface area contributed by atoms with E-state index in [-0.39, 0.29) is 5.41 Å². The van der Waals surface area contributed by atoms with Crippen LogP contribution in [0.25, 0.3) is 0 Å². The van der Waals surface area contributed by atoms with Crippen LogP contribution >= 0.6 is 0 Å². The van der Waals surface area contributed by atoms with Crippen LogP contribution in [0.4, 0.5) is 0 Å². The standard InChI is InChI=1S/C19H31NO/c1-14-10-17(19(3,4)5)11-15(2)18(14)13-20-8-6-16(12-20)7-9-21/h10-11,16,21H,6-9,12-13H2,1-5H3. The van der Waals surface area contributed by atoms with Crippen molar-refractivity contribution >= 4 is 0 Å². The lowest BCUT2D eigenvalue weighted by molar-refractivity contribution is 0.249. The first kappa shape index (κ1) is 16.5. The Morgan fingerprint density at radius 3 is 2.33 bits per heavy atom. The van der Waals surface area contributed by atoms with Crippen LogP contribution in [0.15, 0.2) is 12.1 Å². The van der Waals surface area contributed by atoms with Gasteiger partial charge in [-0.2, -0.15) is 0 Å². The molecule has 2 rings (SSSR count). The molecule has 1 atom stereocenters. The summed E-state index contributed by atoms with van der Waals surface area (Å²) in [5.74, 6) is 0.685. The second-order valence-corrected chi connectivity index (χ2v) is 7.74. The molecular formula is C19H31NO. The Bertz CT molecular complexity index is 464. The van der Waals surface area contributed by atoms with E-state index in [0.29, 0.717) is 12.5 Å². The smallest absolute Gasteiger partial charge is 0.0434 e.